The molecule has 1 aromatic heterocycles. The molecule has 0 radical (unpaired) electrons. The number of nitrogens with two attached hydrogens (primary N) is 1. The molecule has 1 rings (SSSR count). The van der Waals surface area contributed by atoms with Crippen molar-refractivity contribution in [3.05, 3.63) is 5.82 Å². The van der Waals surface area contributed by atoms with Gasteiger partial charge in [0.25, 0.3) is 0 Å². The van der Waals surface area contributed by atoms with E-state index in [-0.39, 0.29) is 11.8 Å². The van der Waals surface area contributed by atoms with Gasteiger partial charge in [0.05, 0.1) is 5.92 Å². The van der Waals surface area contributed by atoms with Gasteiger partial charge in [-0.1, -0.05) is 6.92 Å². The van der Waals surface area contributed by atoms with Crippen LogP contribution >= 0.6 is 11.5 Å². The summed E-state index contributed by atoms with van der Waals surface area (Å²) in [7, 11) is 0. The zero-order chi connectivity index (χ0) is 10.6. The molecule has 1 aromatic rings. The van der Waals surface area contributed by atoms with E-state index in [0.29, 0.717) is 17.5 Å². The molecule has 1 atom stereocenters. The predicted molar refractivity (Wildman–Crippen MR) is 56.1 cm³/mol. The molecule has 5 nitrogen and oxygen atoms in total. The molecule has 1 unspecified atom stereocenters. The van der Waals surface area contributed by atoms with E-state index in [1.165, 1.54) is 11.5 Å². The van der Waals surface area contributed by atoms with Crippen molar-refractivity contribution in [3.63, 3.8) is 0 Å². The molecule has 0 bridgehead atoms. The number of carbonyl (C=O) groups is 1. The number of hydrogen-bond donors (Lipinski definition) is 2. The van der Waals surface area contributed by atoms with Gasteiger partial charge in [-0.2, -0.15) is 4.37 Å². The molecule has 78 valence electrons. The van der Waals surface area contributed by atoms with Crippen molar-refractivity contribution in [1.82, 2.24) is 9.36 Å². The van der Waals surface area contributed by atoms with Gasteiger partial charge in [-0.05, 0) is 13.3 Å². The van der Waals surface area contributed by atoms with E-state index >= 15 is 0 Å². The van der Waals surface area contributed by atoms with Crippen LogP contribution in [0, 0.1) is 12.8 Å². The quantitative estimate of drug-likeness (QED) is 0.775. The number of nitrogens with one attached hydrogen (secondary N) is 1. The van der Waals surface area contributed by atoms with Gasteiger partial charge in [0.15, 0.2) is 0 Å². The summed E-state index contributed by atoms with van der Waals surface area (Å²) in [5.74, 6) is 0.455. The zero-order valence-corrected chi connectivity index (χ0v) is 9.10. The molecule has 1 heterocycles. The number of aromatic nitrogens is 2. The smallest absolute Gasteiger partial charge is 0.230 e. The average Bonchev–Trinajstić information content (AvgIpc) is 2.53. The maximum absolute atomic E-state index is 11.5. The second-order valence-electron chi connectivity index (χ2n) is 2.98. The molecule has 0 saturated heterocycles. The summed E-state index contributed by atoms with van der Waals surface area (Å²) in [5.41, 5.74) is 5.45. The number of carbonyl (C=O) groups excluding carboxylic acids is 1. The fourth-order valence-electron chi connectivity index (χ4n) is 1.01. The maximum Gasteiger partial charge on any atom is 0.230 e. The Labute approximate surface area is 86.9 Å². The van der Waals surface area contributed by atoms with E-state index in [1.807, 2.05) is 6.92 Å². The maximum atomic E-state index is 11.5. The lowest BCUT2D eigenvalue weighted by molar-refractivity contribution is -0.119. The van der Waals surface area contributed by atoms with Crippen LogP contribution in [0.15, 0.2) is 0 Å². The van der Waals surface area contributed by atoms with Crippen molar-refractivity contribution in [2.24, 2.45) is 11.7 Å². The number of aryl methyl sites for hydroxylation is 1. The Kier molecular flexibility index (Phi) is 3.97. The van der Waals surface area contributed by atoms with Gasteiger partial charge < -0.3 is 11.1 Å². The zero-order valence-electron chi connectivity index (χ0n) is 8.28. The minimum absolute atomic E-state index is 0.0776. The molecular weight excluding hydrogens is 200 g/mol. The highest BCUT2D eigenvalue weighted by Gasteiger charge is 2.15. The molecule has 0 aromatic carbocycles. The molecule has 3 N–H and O–H groups in total. The largest absolute Gasteiger partial charge is 0.330 e. The molecule has 0 fully saturated rings. The highest BCUT2D eigenvalue weighted by Crippen LogP contribution is 2.12. The second-order valence-corrected chi connectivity index (χ2v) is 3.73. The first-order chi connectivity index (χ1) is 6.67. The molecule has 0 aliphatic heterocycles. The number of hydrogen-bond acceptors (Lipinski definition) is 5. The number of anilines is 1. The Morgan fingerprint density at radius 1 is 1.71 bits per heavy atom. The van der Waals surface area contributed by atoms with Gasteiger partial charge in [-0.3, -0.25) is 4.79 Å². The number of rotatable bonds is 4. The molecule has 0 aliphatic rings. The highest BCUT2D eigenvalue weighted by molar-refractivity contribution is 7.09. The first-order valence-corrected chi connectivity index (χ1v) is 5.26. The molecule has 0 aliphatic carbocycles. The lowest BCUT2D eigenvalue weighted by Gasteiger charge is -2.09. The molecule has 14 heavy (non-hydrogen) atoms. The molecule has 0 saturated carbocycles. The summed E-state index contributed by atoms with van der Waals surface area (Å²) < 4.78 is 3.97. The SMILES string of the molecule is CCC(CN)C(=O)Nc1nc(C)ns1. The van der Waals surface area contributed by atoms with E-state index in [2.05, 4.69) is 14.7 Å². The van der Waals surface area contributed by atoms with Crippen LogP contribution in [-0.2, 0) is 4.79 Å². The van der Waals surface area contributed by atoms with Gasteiger partial charge in [-0.25, -0.2) is 4.98 Å². The first-order valence-electron chi connectivity index (χ1n) is 4.48. The Morgan fingerprint density at radius 2 is 2.43 bits per heavy atom. The van der Waals surface area contributed by atoms with Gasteiger partial charge in [0, 0.05) is 18.1 Å². The van der Waals surface area contributed by atoms with Crippen LogP contribution in [-0.4, -0.2) is 21.8 Å². The van der Waals surface area contributed by atoms with Crippen molar-refractivity contribution in [3.8, 4) is 0 Å². The van der Waals surface area contributed by atoms with Crippen LogP contribution in [0.2, 0.25) is 0 Å². The van der Waals surface area contributed by atoms with E-state index in [9.17, 15) is 4.79 Å². The summed E-state index contributed by atoms with van der Waals surface area (Å²) in [5, 5.41) is 3.23. The second kappa shape index (κ2) is 5.02. The van der Waals surface area contributed by atoms with Crippen molar-refractivity contribution in [2.45, 2.75) is 20.3 Å². The van der Waals surface area contributed by atoms with Crippen LogP contribution in [0.25, 0.3) is 0 Å². The Hall–Kier alpha value is -1.01. The average molecular weight is 214 g/mol. The van der Waals surface area contributed by atoms with Crippen LogP contribution in [0.5, 0.6) is 0 Å². The van der Waals surface area contributed by atoms with Crippen LogP contribution in [0.4, 0.5) is 5.13 Å². The third-order valence-electron chi connectivity index (χ3n) is 1.91. The Balaban J connectivity index is 2.56. The van der Waals surface area contributed by atoms with Crippen molar-refractivity contribution in [1.29, 1.82) is 0 Å². The van der Waals surface area contributed by atoms with Gasteiger partial charge in [0.1, 0.15) is 5.82 Å². The van der Waals surface area contributed by atoms with Gasteiger partial charge >= 0.3 is 0 Å². The normalized spacial score (nSPS) is 12.5. The Bertz CT molecular complexity index is 308. The standard InChI is InChI=1S/C8H14N4OS/c1-3-6(4-9)7(13)11-8-10-5(2)12-14-8/h6H,3-4,9H2,1-2H3,(H,10,11,12,13). The fraction of sp³-hybridized carbons (Fsp3) is 0.625. The summed E-state index contributed by atoms with van der Waals surface area (Å²) >= 11 is 1.18. The Morgan fingerprint density at radius 3 is 2.86 bits per heavy atom. The summed E-state index contributed by atoms with van der Waals surface area (Å²) in [6.45, 7) is 4.08. The minimum atomic E-state index is -0.140. The molecular formula is C8H14N4OS. The summed E-state index contributed by atoms with van der Waals surface area (Å²) in [4.78, 5) is 15.6. The third-order valence-corrected chi connectivity index (χ3v) is 2.63. The molecule has 0 spiro atoms. The molecule has 1 amide bonds. The monoisotopic (exact) mass is 214 g/mol. The summed E-state index contributed by atoms with van der Waals surface area (Å²) in [6, 6.07) is 0. The van der Waals surface area contributed by atoms with Crippen LogP contribution in [0.3, 0.4) is 0 Å². The number of nitrogens with zero attached hydrogens (tertiary/aromatic N) is 2. The first kappa shape index (κ1) is 11.1. The van der Waals surface area contributed by atoms with E-state index < -0.39 is 0 Å². The van der Waals surface area contributed by atoms with Crippen molar-refractivity contribution >= 4 is 22.6 Å². The third kappa shape index (κ3) is 2.74. The van der Waals surface area contributed by atoms with E-state index in [0.717, 1.165) is 6.42 Å². The lowest BCUT2D eigenvalue weighted by atomic mass is 10.1. The minimum Gasteiger partial charge on any atom is -0.330 e. The van der Waals surface area contributed by atoms with Gasteiger partial charge in [0.2, 0.25) is 11.0 Å². The van der Waals surface area contributed by atoms with Crippen molar-refractivity contribution < 1.29 is 4.79 Å². The van der Waals surface area contributed by atoms with Gasteiger partial charge in [-0.15, -0.1) is 0 Å². The van der Waals surface area contributed by atoms with Crippen LogP contribution in [0.1, 0.15) is 19.2 Å². The summed E-state index contributed by atoms with van der Waals surface area (Å²) in [6.07, 6.45) is 0.736. The highest BCUT2D eigenvalue weighted by atomic mass is 32.1. The fourth-order valence-corrected chi connectivity index (χ4v) is 1.59. The number of amides is 1. The molecule has 6 heteroatoms. The lowest BCUT2D eigenvalue weighted by Crippen LogP contribution is -2.28. The van der Waals surface area contributed by atoms with Crippen molar-refractivity contribution in [2.75, 3.05) is 11.9 Å². The topological polar surface area (TPSA) is 80.9 Å². The predicted octanol–water partition coefficient (Wildman–Crippen LogP) is 0.770. The van der Waals surface area contributed by atoms with E-state index in [4.69, 9.17) is 5.73 Å². The van der Waals surface area contributed by atoms with E-state index in [1.54, 1.807) is 6.92 Å². The van der Waals surface area contributed by atoms with Crippen LogP contribution < -0.4 is 11.1 Å².